The molecule has 1 atom stereocenters. The number of hydrogen-bond acceptors (Lipinski definition) is 4. The second-order valence-corrected chi connectivity index (χ2v) is 6.63. The maximum absolute atomic E-state index is 11.3. The van der Waals surface area contributed by atoms with Gasteiger partial charge in [0.1, 0.15) is 9.84 Å². The average Bonchev–Trinajstić information content (AvgIpc) is 2.74. The van der Waals surface area contributed by atoms with E-state index in [0.29, 0.717) is 30.4 Å². The molecule has 0 amide bonds. The number of nitrogens with zero attached hydrogens (tertiary/aromatic N) is 1. The van der Waals surface area contributed by atoms with Crippen LogP contribution in [0.25, 0.3) is 0 Å². The molecule has 2 heterocycles. The fourth-order valence-corrected chi connectivity index (χ4v) is 3.50. The largest absolute Gasteiger partial charge is 0.306 e. The van der Waals surface area contributed by atoms with E-state index in [4.69, 9.17) is 0 Å². The summed E-state index contributed by atoms with van der Waals surface area (Å²) in [5, 5.41) is 10.2. The van der Waals surface area contributed by atoms with Crippen molar-refractivity contribution >= 4 is 9.84 Å². The van der Waals surface area contributed by atoms with Crippen molar-refractivity contribution in [2.45, 2.75) is 31.8 Å². The van der Waals surface area contributed by atoms with Gasteiger partial charge in [0, 0.05) is 18.3 Å². The Hall–Kier alpha value is -0.880. The van der Waals surface area contributed by atoms with Crippen LogP contribution in [-0.2, 0) is 9.84 Å². The van der Waals surface area contributed by atoms with E-state index in [1.807, 2.05) is 6.07 Å². The second kappa shape index (κ2) is 4.55. The maximum Gasteiger partial charge on any atom is 0.150 e. The van der Waals surface area contributed by atoms with Crippen LogP contribution in [0.15, 0.2) is 12.3 Å². The van der Waals surface area contributed by atoms with Gasteiger partial charge in [-0.05, 0) is 25.8 Å². The minimum Gasteiger partial charge on any atom is -0.306 e. The highest BCUT2D eigenvalue weighted by Crippen LogP contribution is 2.16. The molecule has 1 aromatic heterocycles. The Labute approximate surface area is 95.6 Å². The topological polar surface area (TPSA) is 74.8 Å². The van der Waals surface area contributed by atoms with E-state index < -0.39 is 9.84 Å². The molecule has 2 N–H and O–H groups in total. The van der Waals surface area contributed by atoms with E-state index in [2.05, 4.69) is 22.4 Å². The number of nitrogens with one attached hydrogen (secondary N) is 2. The van der Waals surface area contributed by atoms with Crippen molar-refractivity contribution in [3.63, 3.8) is 0 Å². The zero-order valence-corrected chi connectivity index (χ0v) is 10.1. The van der Waals surface area contributed by atoms with E-state index in [-0.39, 0.29) is 6.04 Å². The molecule has 6 heteroatoms. The molecule has 5 nitrogen and oxygen atoms in total. The van der Waals surface area contributed by atoms with Gasteiger partial charge in [0.2, 0.25) is 0 Å². The van der Waals surface area contributed by atoms with Crippen LogP contribution in [0.5, 0.6) is 0 Å². The Balaban J connectivity index is 1.87. The fraction of sp³-hybridized carbons (Fsp3) is 0.700. The highest BCUT2D eigenvalue weighted by atomic mass is 32.2. The lowest BCUT2D eigenvalue weighted by Gasteiger charge is -2.26. The third-order valence-corrected chi connectivity index (χ3v) is 4.74. The van der Waals surface area contributed by atoms with Crippen molar-refractivity contribution in [3.05, 3.63) is 18.0 Å². The molecule has 0 saturated carbocycles. The van der Waals surface area contributed by atoms with Gasteiger partial charge in [-0.3, -0.25) is 5.10 Å². The molecule has 1 saturated heterocycles. The van der Waals surface area contributed by atoms with Gasteiger partial charge in [-0.25, -0.2) is 8.42 Å². The minimum absolute atomic E-state index is 0.188. The maximum atomic E-state index is 11.3. The number of H-pyrrole nitrogens is 1. The molecule has 0 spiro atoms. The van der Waals surface area contributed by atoms with E-state index >= 15 is 0 Å². The quantitative estimate of drug-likeness (QED) is 0.817. The Kier molecular flexibility index (Phi) is 3.30. The van der Waals surface area contributed by atoms with Gasteiger partial charge < -0.3 is 5.32 Å². The first-order valence-electron chi connectivity index (χ1n) is 5.52. The number of aromatic amines is 1. The molecule has 2 rings (SSSR count). The molecule has 0 bridgehead atoms. The normalized spacial score (nSPS) is 23.1. The first-order chi connectivity index (χ1) is 7.57. The van der Waals surface area contributed by atoms with Crippen LogP contribution >= 0.6 is 0 Å². The summed E-state index contributed by atoms with van der Waals surface area (Å²) in [5.41, 5.74) is 1.04. The van der Waals surface area contributed by atoms with Crippen molar-refractivity contribution in [3.8, 4) is 0 Å². The molecule has 0 radical (unpaired) electrons. The molecule has 0 aromatic carbocycles. The molecular formula is C10H17N3O2S. The van der Waals surface area contributed by atoms with E-state index in [0.717, 1.165) is 5.69 Å². The van der Waals surface area contributed by atoms with Crippen molar-refractivity contribution in [1.29, 1.82) is 0 Å². The first-order valence-corrected chi connectivity index (χ1v) is 7.35. The molecular weight excluding hydrogens is 226 g/mol. The van der Waals surface area contributed by atoms with Crippen molar-refractivity contribution < 1.29 is 8.42 Å². The number of hydrogen-bond donors (Lipinski definition) is 2. The predicted octanol–water partition coefficient (Wildman–Crippen LogP) is 0.637. The molecule has 1 fully saturated rings. The summed E-state index contributed by atoms with van der Waals surface area (Å²) >= 11 is 0. The Morgan fingerprint density at radius 1 is 1.50 bits per heavy atom. The Bertz CT molecular complexity index is 413. The number of aromatic nitrogens is 2. The van der Waals surface area contributed by atoms with Crippen LogP contribution in [-0.4, -0.2) is 36.2 Å². The van der Waals surface area contributed by atoms with Gasteiger partial charge in [0.25, 0.3) is 0 Å². The summed E-state index contributed by atoms with van der Waals surface area (Å²) in [4.78, 5) is 0. The fourth-order valence-electron chi connectivity index (χ4n) is 2.01. The van der Waals surface area contributed by atoms with Crippen molar-refractivity contribution in [2.24, 2.45) is 0 Å². The molecule has 90 valence electrons. The third-order valence-electron chi connectivity index (χ3n) is 3.03. The number of rotatable bonds is 3. The Morgan fingerprint density at radius 2 is 2.19 bits per heavy atom. The van der Waals surface area contributed by atoms with Gasteiger partial charge in [-0.2, -0.15) is 5.10 Å². The molecule has 1 aliphatic rings. The second-order valence-electron chi connectivity index (χ2n) is 4.33. The average molecular weight is 243 g/mol. The summed E-state index contributed by atoms with van der Waals surface area (Å²) in [5.74, 6) is 0.612. The van der Waals surface area contributed by atoms with Crippen LogP contribution < -0.4 is 5.32 Å². The monoisotopic (exact) mass is 243 g/mol. The highest BCUT2D eigenvalue weighted by molar-refractivity contribution is 7.91. The summed E-state index contributed by atoms with van der Waals surface area (Å²) < 4.78 is 22.5. The molecule has 0 aliphatic carbocycles. The van der Waals surface area contributed by atoms with Gasteiger partial charge in [-0.1, -0.05) is 0 Å². The van der Waals surface area contributed by atoms with E-state index in [9.17, 15) is 8.42 Å². The lowest BCUT2D eigenvalue weighted by Crippen LogP contribution is -2.38. The van der Waals surface area contributed by atoms with Crippen molar-refractivity contribution in [2.75, 3.05) is 11.5 Å². The lowest BCUT2D eigenvalue weighted by atomic mass is 10.1. The van der Waals surface area contributed by atoms with Crippen LogP contribution in [0.4, 0.5) is 0 Å². The van der Waals surface area contributed by atoms with Crippen LogP contribution in [0, 0.1) is 0 Å². The van der Waals surface area contributed by atoms with E-state index in [1.165, 1.54) is 0 Å². The van der Waals surface area contributed by atoms with Crippen LogP contribution in [0.2, 0.25) is 0 Å². The summed E-state index contributed by atoms with van der Waals surface area (Å²) in [6.07, 6.45) is 3.14. The Morgan fingerprint density at radius 3 is 2.75 bits per heavy atom. The zero-order chi connectivity index (χ0) is 11.6. The standard InChI is InChI=1S/C10H17N3O2S/c1-8(10-2-5-11-13-10)12-9-3-6-16(14,15)7-4-9/h2,5,8-9,12H,3-4,6-7H2,1H3,(H,11,13). The first kappa shape index (κ1) is 11.6. The summed E-state index contributed by atoms with van der Waals surface area (Å²) in [6.45, 7) is 2.05. The molecule has 16 heavy (non-hydrogen) atoms. The van der Waals surface area contributed by atoms with Gasteiger partial charge >= 0.3 is 0 Å². The smallest absolute Gasteiger partial charge is 0.150 e. The van der Waals surface area contributed by atoms with Gasteiger partial charge in [0.05, 0.1) is 17.2 Å². The SMILES string of the molecule is CC(NC1CCS(=O)(=O)CC1)c1ccn[nH]1. The third kappa shape index (κ3) is 2.82. The van der Waals surface area contributed by atoms with Gasteiger partial charge in [-0.15, -0.1) is 0 Å². The summed E-state index contributed by atoms with van der Waals surface area (Å²) in [6, 6.07) is 2.41. The highest BCUT2D eigenvalue weighted by Gasteiger charge is 2.24. The van der Waals surface area contributed by atoms with Crippen LogP contribution in [0.3, 0.4) is 0 Å². The lowest BCUT2D eigenvalue weighted by molar-refractivity contribution is 0.415. The van der Waals surface area contributed by atoms with Gasteiger partial charge in [0.15, 0.2) is 0 Å². The number of sulfone groups is 1. The minimum atomic E-state index is -2.77. The zero-order valence-electron chi connectivity index (χ0n) is 9.31. The predicted molar refractivity (Wildman–Crippen MR) is 61.8 cm³/mol. The molecule has 1 aromatic rings. The molecule has 1 unspecified atom stereocenters. The van der Waals surface area contributed by atoms with Crippen LogP contribution in [0.1, 0.15) is 31.5 Å². The summed E-state index contributed by atoms with van der Waals surface area (Å²) in [7, 11) is -2.77. The molecule has 1 aliphatic heterocycles. The van der Waals surface area contributed by atoms with E-state index in [1.54, 1.807) is 6.20 Å². The van der Waals surface area contributed by atoms with Crippen molar-refractivity contribution in [1.82, 2.24) is 15.5 Å².